The highest BCUT2D eigenvalue weighted by Crippen LogP contribution is 2.48. The molecule has 1 amide bonds. The van der Waals surface area contributed by atoms with E-state index in [-0.39, 0.29) is 24.2 Å². The summed E-state index contributed by atoms with van der Waals surface area (Å²) in [5.41, 5.74) is 1.84. The molecule has 142 valence electrons. The first-order valence-electron chi connectivity index (χ1n) is 8.96. The Kier molecular flexibility index (Phi) is 5.96. The van der Waals surface area contributed by atoms with E-state index in [1.165, 1.54) is 0 Å². The Labute approximate surface area is 158 Å². The summed E-state index contributed by atoms with van der Waals surface area (Å²) in [7, 11) is 1.63. The zero-order valence-corrected chi connectivity index (χ0v) is 15.2. The van der Waals surface area contributed by atoms with E-state index in [1.807, 2.05) is 24.3 Å². The molecule has 2 aromatic rings. The summed E-state index contributed by atoms with van der Waals surface area (Å²) in [6, 6.07) is 14.9. The zero-order valence-electron chi connectivity index (χ0n) is 15.2. The first-order valence-corrected chi connectivity index (χ1v) is 8.96. The lowest BCUT2D eigenvalue weighted by molar-refractivity contribution is -0.137. The van der Waals surface area contributed by atoms with Crippen molar-refractivity contribution in [3.63, 3.8) is 0 Å². The fraction of sp³-hybridized carbons (Fsp3) is 0.333. The molecule has 1 aliphatic carbocycles. The molecule has 2 aromatic carbocycles. The minimum atomic E-state index is -0.830. The summed E-state index contributed by atoms with van der Waals surface area (Å²) in [5.74, 6) is 0.847. The number of hydrogen-bond donors (Lipinski definition) is 2. The molecule has 0 aromatic heterocycles. The van der Waals surface area contributed by atoms with E-state index in [2.05, 4.69) is 5.32 Å². The van der Waals surface area contributed by atoms with Gasteiger partial charge in [0.2, 0.25) is 5.91 Å². The SMILES string of the molecule is COc1cccc(C2CC2C(=O)Nc2ccc(OCCCC(=O)O)cc2)c1. The van der Waals surface area contributed by atoms with Crippen LogP contribution in [0.25, 0.3) is 0 Å². The van der Waals surface area contributed by atoms with Gasteiger partial charge in [-0.2, -0.15) is 0 Å². The number of methoxy groups -OCH3 is 1. The summed E-state index contributed by atoms with van der Waals surface area (Å²) in [6.07, 6.45) is 1.38. The van der Waals surface area contributed by atoms with Crippen molar-refractivity contribution in [2.45, 2.75) is 25.2 Å². The van der Waals surface area contributed by atoms with Gasteiger partial charge in [-0.1, -0.05) is 12.1 Å². The number of ether oxygens (including phenoxy) is 2. The fourth-order valence-electron chi connectivity index (χ4n) is 3.01. The molecule has 6 heteroatoms. The molecule has 0 saturated heterocycles. The molecule has 6 nitrogen and oxygen atoms in total. The van der Waals surface area contributed by atoms with Crippen molar-refractivity contribution < 1.29 is 24.2 Å². The number of carbonyl (C=O) groups excluding carboxylic acids is 1. The summed E-state index contributed by atoms with van der Waals surface area (Å²) in [6.45, 7) is 0.350. The lowest BCUT2D eigenvalue weighted by Crippen LogP contribution is -2.14. The van der Waals surface area contributed by atoms with E-state index in [9.17, 15) is 9.59 Å². The lowest BCUT2D eigenvalue weighted by Gasteiger charge is -2.08. The molecule has 3 rings (SSSR count). The summed E-state index contributed by atoms with van der Waals surface area (Å²) >= 11 is 0. The molecule has 0 radical (unpaired) electrons. The number of amides is 1. The topological polar surface area (TPSA) is 84.9 Å². The van der Waals surface area contributed by atoms with Crippen LogP contribution >= 0.6 is 0 Å². The Morgan fingerprint density at radius 3 is 2.63 bits per heavy atom. The van der Waals surface area contributed by atoms with Crippen molar-refractivity contribution in [3.8, 4) is 11.5 Å². The maximum absolute atomic E-state index is 12.4. The molecular formula is C21H23NO5. The maximum atomic E-state index is 12.4. The van der Waals surface area contributed by atoms with Crippen LogP contribution < -0.4 is 14.8 Å². The van der Waals surface area contributed by atoms with E-state index in [1.54, 1.807) is 31.4 Å². The molecular weight excluding hydrogens is 346 g/mol. The Hall–Kier alpha value is -3.02. The van der Waals surface area contributed by atoms with E-state index < -0.39 is 5.97 Å². The second-order valence-electron chi connectivity index (χ2n) is 6.58. The van der Waals surface area contributed by atoms with Crippen LogP contribution in [0, 0.1) is 5.92 Å². The predicted molar refractivity (Wildman–Crippen MR) is 101 cm³/mol. The Morgan fingerprint density at radius 2 is 1.93 bits per heavy atom. The third-order valence-corrected chi connectivity index (χ3v) is 4.57. The van der Waals surface area contributed by atoms with Crippen LogP contribution in [0.1, 0.15) is 30.7 Å². The van der Waals surface area contributed by atoms with Crippen LogP contribution in [0.5, 0.6) is 11.5 Å². The average Bonchev–Trinajstić information content (AvgIpc) is 3.47. The van der Waals surface area contributed by atoms with Crippen LogP contribution in [0.4, 0.5) is 5.69 Å². The normalized spacial score (nSPS) is 17.8. The molecule has 0 aliphatic heterocycles. The van der Waals surface area contributed by atoms with Gasteiger partial charge in [-0.3, -0.25) is 9.59 Å². The van der Waals surface area contributed by atoms with Crippen LogP contribution in [0.3, 0.4) is 0 Å². The van der Waals surface area contributed by atoms with Gasteiger partial charge >= 0.3 is 5.97 Å². The molecule has 2 atom stereocenters. The molecule has 2 N–H and O–H groups in total. The van der Waals surface area contributed by atoms with Crippen molar-refractivity contribution in [3.05, 3.63) is 54.1 Å². The van der Waals surface area contributed by atoms with Gasteiger partial charge < -0.3 is 19.9 Å². The van der Waals surface area contributed by atoms with Gasteiger partial charge in [0.25, 0.3) is 0 Å². The second kappa shape index (κ2) is 8.58. The van der Waals surface area contributed by atoms with Crippen molar-refractivity contribution >= 4 is 17.6 Å². The van der Waals surface area contributed by atoms with Crippen LogP contribution in [-0.2, 0) is 9.59 Å². The number of carbonyl (C=O) groups is 2. The predicted octanol–water partition coefficient (Wildman–Crippen LogP) is 3.68. The van der Waals surface area contributed by atoms with Crippen LogP contribution in [0.2, 0.25) is 0 Å². The van der Waals surface area contributed by atoms with Crippen LogP contribution in [0.15, 0.2) is 48.5 Å². The van der Waals surface area contributed by atoms with E-state index in [4.69, 9.17) is 14.6 Å². The number of anilines is 1. The van der Waals surface area contributed by atoms with Crippen LogP contribution in [-0.4, -0.2) is 30.7 Å². The van der Waals surface area contributed by atoms with E-state index in [0.717, 1.165) is 17.7 Å². The molecule has 0 heterocycles. The van der Waals surface area contributed by atoms with Crippen molar-refractivity contribution in [1.29, 1.82) is 0 Å². The smallest absolute Gasteiger partial charge is 0.303 e. The molecule has 27 heavy (non-hydrogen) atoms. The Morgan fingerprint density at radius 1 is 1.15 bits per heavy atom. The Bertz CT molecular complexity index is 802. The average molecular weight is 369 g/mol. The number of benzene rings is 2. The third kappa shape index (κ3) is 5.23. The molecule has 1 saturated carbocycles. The molecule has 2 unspecified atom stereocenters. The monoisotopic (exact) mass is 369 g/mol. The highest BCUT2D eigenvalue weighted by atomic mass is 16.5. The first kappa shape index (κ1) is 18.8. The highest BCUT2D eigenvalue weighted by Gasteiger charge is 2.44. The van der Waals surface area contributed by atoms with Gasteiger partial charge in [0.15, 0.2) is 0 Å². The number of carboxylic acids is 1. The number of aliphatic carboxylic acids is 1. The van der Waals surface area contributed by atoms with Gasteiger partial charge in [0, 0.05) is 18.0 Å². The van der Waals surface area contributed by atoms with Crippen molar-refractivity contribution in [2.24, 2.45) is 5.92 Å². The third-order valence-electron chi connectivity index (χ3n) is 4.57. The Balaban J connectivity index is 1.48. The van der Waals surface area contributed by atoms with Gasteiger partial charge in [0.05, 0.1) is 13.7 Å². The largest absolute Gasteiger partial charge is 0.497 e. The molecule has 0 bridgehead atoms. The van der Waals surface area contributed by atoms with E-state index in [0.29, 0.717) is 24.5 Å². The quantitative estimate of drug-likeness (QED) is 0.659. The van der Waals surface area contributed by atoms with Crippen molar-refractivity contribution in [1.82, 2.24) is 0 Å². The number of carboxylic acid groups (broad SMARTS) is 1. The molecule has 0 spiro atoms. The first-order chi connectivity index (χ1) is 13.1. The number of rotatable bonds is 9. The highest BCUT2D eigenvalue weighted by molar-refractivity contribution is 5.95. The number of hydrogen-bond acceptors (Lipinski definition) is 4. The van der Waals surface area contributed by atoms with Gasteiger partial charge in [-0.15, -0.1) is 0 Å². The molecule has 1 fully saturated rings. The van der Waals surface area contributed by atoms with Gasteiger partial charge in [0.1, 0.15) is 11.5 Å². The van der Waals surface area contributed by atoms with Crippen molar-refractivity contribution in [2.75, 3.05) is 19.0 Å². The minimum absolute atomic E-state index is 0.0120. The minimum Gasteiger partial charge on any atom is -0.497 e. The summed E-state index contributed by atoms with van der Waals surface area (Å²) in [4.78, 5) is 22.9. The lowest BCUT2D eigenvalue weighted by atomic mass is 10.1. The fourth-order valence-corrected chi connectivity index (χ4v) is 3.01. The second-order valence-corrected chi connectivity index (χ2v) is 6.58. The van der Waals surface area contributed by atoms with Gasteiger partial charge in [-0.25, -0.2) is 0 Å². The molecule has 1 aliphatic rings. The van der Waals surface area contributed by atoms with E-state index >= 15 is 0 Å². The number of nitrogens with one attached hydrogen (secondary N) is 1. The van der Waals surface area contributed by atoms with Gasteiger partial charge in [-0.05, 0) is 60.7 Å². The summed E-state index contributed by atoms with van der Waals surface area (Å²) in [5, 5.41) is 11.5. The summed E-state index contributed by atoms with van der Waals surface area (Å²) < 4.78 is 10.7. The standard InChI is InChI=1S/C21H23NO5/c1-26-17-5-2-4-14(12-17)18-13-19(18)21(25)22-15-7-9-16(10-8-15)27-11-3-6-20(23)24/h2,4-5,7-10,12,18-19H,3,6,11,13H2,1H3,(H,22,25)(H,23,24). The zero-order chi connectivity index (χ0) is 19.2. The maximum Gasteiger partial charge on any atom is 0.303 e.